The summed E-state index contributed by atoms with van der Waals surface area (Å²) < 4.78 is 0.982. The van der Waals surface area contributed by atoms with Gasteiger partial charge in [-0.15, -0.1) is 0 Å². The number of hydrogen-bond acceptors (Lipinski definition) is 5. The van der Waals surface area contributed by atoms with E-state index >= 15 is 0 Å². The van der Waals surface area contributed by atoms with Crippen LogP contribution in [0, 0.1) is 0 Å². The zero-order valence-corrected chi connectivity index (χ0v) is 18.2. The molecule has 154 valence electrons. The van der Waals surface area contributed by atoms with Gasteiger partial charge < -0.3 is 10.6 Å². The average Bonchev–Trinajstić information content (AvgIpc) is 2.75. The van der Waals surface area contributed by atoms with Gasteiger partial charge in [-0.3, -0.25) is 9.69 Å². The number of nitrogens with zero attached hydrogens (tertiary/aromatic N) is 3. The van der Waals surface area contributed by atoms with Crippen LogP contribution in [0.2, 0.25) is 0 Å². The predicted molar refractivity (Wildman–Crippen MR) is 125 cm³/mol. The summed E-state index contributed by atoms with van der Waals surface area (Å²) in [5.41, 5.74) is 2.43. The second kappa shape index (κ2) is 9.82. The smallest absolute Gasteiger partial charge is 0.248 e. The van der Waals surface area contributed by atoms with Crippen molar-refractivity contribution >= 4 is 49.9 Å². The molecule has 2 N–H and O–H groups in total. The molecule has 1 aliphatic rings. The fourth-order valence-corrected chi connectivity index (χ4v) is 3.97. The molecular formula is C23H24BrN5O. The Bertz CT molecular complexity index is 1060. The Labute approximate surface area is 184 Å². The largest absolute Gasteiger partial charge is 0.340 e. The molecule has 0 unspecified atom stereocenters. The van der Waals surface area contributed by atoms with E-state index in [9.17, 15) is 4.79 Å². The normalized spacial score (nSPS) is 14.8. The molecule has 30 heavy (non-hydrogen) atoms. The summed E-state index contributed by atoms with van der Waals surface area (Å²) >= 11 is 3.48. The van der Waals surface area contributed by atoms with Crippen LogP contribution in [0.5, 0.6) is 0 Å². The molecule has 6 nitrogen and oxygen atoms in total. The molecule has 0 radical (unpaired) electrons. The van der Waals surface area contributed by atoms with Crippen LogP contribution in [0.25, 0.3) is 10.9 Å². The lowest BCUT2D eigenvalue weighted by Crippen LogP contribution is -2.29. The standard InChI is InChI=1S/C23H24BrN5O/c24-17-6-4-7-18(14-17)28-23-20-15-19(9-10-21(20)25-16-26-23)27-22(30)8-5-13-29-11-2-1-3-12-29/h4-10,14-16H,1-3,11-13H2,(H,27,30)(H,25,26,28)/b8-5+. The molecule has 1 saturated heterocycles. The highest BCUT2D eigenvalue weighted by molar-refractivity contribution is 9.10. The van der Waals surface area contributed by atoms with Crippen LogP contribution >= 0.6 is 15.9 Å². The third-order valence-electron chi connectivity index (χ3n) is 5.07. The number of carbonyl (C=O) groups is 1. The molecule has 0 saturated carbocycles. The molecule has 0 aliphatic carbocycles. The van der Waals surface area contributed by atoms with Crippen LogP contribution < -0.4 is 10.6 Å². The molecule has 1 aromatic heterocycles. The van der Waals surface area contributed by atoms with Crippen LogP contribution in [0.4, 0.5) is 17.2 Å². The number of rotatable bonds is 6. The summed E-state index contributed by atoms with van der Waals surface area (Å²) in [5, 5.41) is 7.10. The number of halogens is 1. The average molecular weight is 466 g/mol. The highest BCUT2D eigenvalue weighted by Crippen LogP contribution is 2.27. The molecule has 1 fully saturated rings. The van der Waals surface area contributed by atoms with Crippen molar-refractivity contribution in [2.75, 3.05) is 30.3 Å². The molecule has 2 heterocycles. The lowest BCUT2D eigenvalue weighted by molar-refractivity contribution is -0.111. The van der Waals surface area contributed by atoms with Gasteiger partial charge in [0.05, 0.1) is 5.52 Å². The first-order chi connectivity index (χ1) is 14.7. The highest BCUT2D eigenvalue weighted by Gasteiger charge is 2.09. The zero-order valence-electron chi connectivity index (χ0n) is 16.6. The fourth-order valence-electron chi connectivity index (χ4n) is 3.57. The summed E-state index contributed by atoms with van der Waals surface area (Å²) in [6.45, 7) is 3.05. The number of anilines is 3. The number of piperidine rings is 1. The Hall–Kier alpha value is -2.77. The second-order valence-corrected chi connectivity index (χ2v) is 8.26. The molecular weight excluding hydrogens is 442 g/mol. The molecule has 7 heteroatoms. The zero-order chi connectivity index (χ0) is 20.8. The van der Waals surface area contributed by atoms with Gasteiger partial charge >= 0.3 is 0 Å². The molecule has 4 rings (SSSR count). The summed E-state index contributed by atoms with van der Waals surface area (Å²) in [5.74, 6) is 0.555. The number of benzene rings is 2. The maximum absolute atomic E-state index is 12.3. The molecule has 0 bridgehead atoms. The number of carbonyl (C=O) groups excluding carboxylic acids is 1. The Morgan fingerprint density at radius 3 is 2.77 bits per heavy atom. The quantitative estimate of drug-likeness (QED) is 0.494. The highest BCUT2D eigenvalue weighted by atomic mass is 79.9. The van der Waals surface area contributed by atoms with E-state index in [1.165, 1.54) is 25.6 Å². The Morgan fingerprint density at radius 1 is 1.07 bits per heavy atom. The van der Waals surface area contributed by atoms with Crippen molar-refractivity contribution in [1.82, 2.24) is 14.9 Å². The van der Waals surface area contributed by atoms with E-state index in [1.54, 1.807) is 6.08 Å². The molecule has 1 amide bonds. The fraction of sp³-hybridized carbons (Fsp3) is 0.261. The van der Waals surface area contributed by atoms with Crippen LogP contribution in [-0.4, -0.2) is 40.4 Å². The van der Waals surface area contributed by atoms with Crippen LogP contribution in [0.1, 0.15) is 19.3 Å². The van der Waals surface area contributed by atoms with Gasteiger partial charge in [0.1, 0.15) is 12.1 Å². The van der Waals surface area contributed by atoms with E-state index in [-0.39, 0.29) is 5.91 Å². The molecule has 1 aliphatic heterocycles. The number of amides is 1. The predicted octanol–water partition coefficient (Wildman–Crippen LogP) is 5.12. The molecule has 3 aromatic rings. The van der Waals surface area contributed by atoms with Crippen LogP contribution in [0.3, 0.4) is 0 Å². The van der Waals surface area contributed by atoms with Crippen molar-refractivity contribution in [1.29, 1.82) is 0 Å². The Kier molecular flexibility index (Phi) is 6.71. The van der Waals surface area contributed by atoms with Gasteiger partial charge in [0.25, 0.3) is 0 Å². The van der Waals surface area contributed by atoms with E-state index in [1.807, 2.05) is 48.5 Å². The lowest BCUT2D eigenvalue weighted by Gasteiger charge is -2.24. The molecule has 0 spiro atoms. The SMILES string of the molecule is O=C(/C=C/CN1CCCCC1)Nc1ccc2ncnc(Nc3cccc(Br)c3)c2c1. The number of likely N-dealkylation sites (tertiary alicyclic amines) is 1. The summed E-state index contributed by atoms with van der Waals surface area (Å²) in [6, 6.07) is 13.5. The summed E-state index contributed by atoms with van der Waals surface area (Å²) in [7, 11) is 0. The Morgan fingerprint density at radius 2 is 1.93 bits per heavy atom. The van der Waals surface area contributed by atoms with Gasteiger partial charge in [0.15, 0.2) is 0 Å². The van der Waals surface area contributed by atoms with E-state index in [4.69, 9.17) is 0 Å². The van der Waals surface area contributed by atoms with E-state index in [0.29, 0.717) is 11.5 Å². The van der Waals surface area contributed by atoms with Crippen molar-refractivity contribution in [2.45, 2.75) is 19.3 Å². The van der Waals surface area contributed by atoms with E-state index < -0.39 is 0 Å². The first kappa shape index (κ1) is 20.5. The number of hydrogen-bond donors (Lipinski definition) is 2. The van der Waals surface area contributed by atoms with Crippen molar-refractivity contribution in [2.24, 2.45) is 0 Å². The molecule has 2 aromatic carbocycles. The van der Waals surface area contributed by atoms with Gasteiger partial charge in [-0.25, -0.2) is 9.97 Å². The first-order valence-corrected chi connectivity index (χ1v) is 10.9. The maximum Gasteiger partial charge on any atom is 0.248 e. The minimum atomic E-state index is -0.135. The first-order valence-electron chi connectivity index (χ1n) is 10.1. The van der Waals surface area contributed by atoms with Crippen LogP contribution in [-0.2, 0) is 4.79 Å². The van der Waals surface area contributed by atoms with Crippen molar-refractivity contribution < 1.29 is 4.79 Å². The maximum atomic E-state index is 12.3. The van der Waals surface area contributed by atoms with Gasteiger partial charge in [0, 0.05) is 33.9 Å². The second-order valence-electron chi connectivity index (χ2n) is 7.34. The van der Waals surface area contributed by atoms with Gasteiger partial charge in [-0.05, 0) is 62.3 Å². The molecule has 0 atom stereocenters. The monoisotopic (exact) mass is 465 g/mol. The van der Waals surface area contributed by atoms with Crippen molar-refractivity contribution in [3.8, 4) is 0 Å². The van der Waals surface area contributed by atoms with Crippen molar-refractivity contribution in [3.05, 3.63) is 65.4 Å². The topological polar surface area (TPSA) is 70.2 Å². The number of fused-ring (bicyclic) bond motifs is 1. The van der Waals surface area contributed by atoms with Gasteiger partial charge in [-0.2, -0.15) is 0 Å². The minimum absolute atomic E-state index is 0.135. The summed E-state index contributed by atoms with van der Waals surface area (Å²) in [4.78, 5) is 23.4. The van der Waals surface area contributed by atoms with Crippen LogP contribution in [0.15, 0.2) is 65.4 Å². The lowest BCUT2D eigenvalue weighted by atomic mass is 10.1. The Balaban J connectivity index is 1.46. The summed E-state index contributed by atoms with van der Waals surface area (Å²) in [6.07, 6.45) is 8.88. The third kappa shape index (κ3) is 5.43. The number of aromatic nitrogens is 2. The van der Waals surface area contributed by atoms with E-state index in [2.05, 4.69) is 41.4 Å². The van der Waals surface area contributed by atoms with Gasteiger partial charge in [0.2, 0.25) is 5.91 Å². The third-order valence-corrected chi connectivity index (χ3v) is 5.56. The number of nitrogens with one attached hydrogen (secondary N) is 2. The minimum Gasteiger partial charge on any atom is -0.340 e. The van der Waals surface area contributed by atoms with Gasteiger partial charge in [-0.1, -0.05) is 34.5 Å². The van der Waals surface area contributed by atoms with Crippen molar-refractivity contribution in [3.63, 3.8) is 0 Å². The van der Waals surface area contributed by atoms with E-state index in [0.717, 1.165) is 40.7 Å².